The minimum absolute atomic E-state index is 0. The zero-order valence-electron chi connectivity index (χ0n) is 13.6. The first-order valence-corrected chi connectivity index (χ1v) is 7.87. The van der Waals surface area contributed by atoms with E-state index in [1.165, 1.54) is 32.4 Å². The summed E-state index contributed by atoms with van der Waals surface area (Å²) in [6, 6.07) is 0. The second-order valence-electron chi connectivity index (χ2n) is 5.32. The van der Waals surface area contributed by atoms with E-state index in [1.54, 1.807) is 11.0 Å². The van der Waals surface area contributed by atoms with E-state index in [9.17, 15) is 0 Å². The third-order valence-electron chi connectivity index (χ3n) is 3.70. The lowest BCUT2D eigenvalue weighted by Gasteiger charge is -2.26. The molecule has 0 bridgehead atoms. The molecule has 2 N–H and O–H groups in total. The molecule has 7 nitrogen and oxygen atoms in total. The van der Waals surface area contributed by atoms with Crippen molar-refractivity contribution < 1.29 is 0 Å². The maximum absolute atomic E-state index is 4.55. The van der Waals surface area contributed by atoms with Crippen molar-refractivity contribution in [3.63, 3.8) is 0 Å². The van der Waals surface area contributed by atoms with E-state index in [2.05, 4.69) is 37.5 Å². The van der Waals surface area contributed by atoms with Gasteiger partial charge in [-0.2, -0.15) is 5.10 Å². The Balaban J connectivity index is 0.00000242. The van der Waals surface area contributed by atoms with Crippen LogP contribution in [-0.4, -0.2) is 58.3 Å². The summed E-state index contributed by atoms with van der Waals surface area (Å²) in [6.45, 7) is 7.93. The molecule has 1 saturated heterocycles. The third kappa shape index (κ3) is 6.47. The van der Waals surface area contributed by atoms with E-state index in [1.807, 2.05) is 7.05 Å². The number of guanidine groups is 1. The molecule has 2 rings (SSSR count). The van der Waals surface area contributed by atoms with Crippen LogP contribution in [0, 0.1) is 0 Å². The molecular formula is C14H28IN7. The molecule has 0 saturated carbocycles. The highest BCUT2D eigenvalue weighted by Gasteiger charge is 2.09. The van der Waals surface area contributed by atoms with Crippen LogP contribution in [0.1, 0.15) is 32.0 Å². The lowest BCUT2D eigenvalue weighted by atomic mass is 10.1. The van der Waals surface area contributed by atoms with Crippen molar-refractivity contribution in [3.05, 3.63) is 12.2 Å². The molecule has 8 heteroatoms. The summed E-state index contributed by atoms with van der Waals surface area (Å²) in [5.74, 6) is 1.71. The van der Waals surface area contributed by atoms with Gasteiger partial charge in [0.05, 0.1) is 0 Å². The summed E-state index contributed by atoms with van der Waals surface area (Å²) >= 11 is 0. The van der Waals surface area contributed by atoms with Gasteiger partial charge in [0.25, 0.3) is 0 Å². The van der Waals surface area contributed by atoms with Crippen LogP contribution in [0.4, 0.5) is 0 Å². The van der Waals surface area contributed by atoms with Crippen LogP contribution in [0.2, 0.25) is 0 Å². The van der Waals surface area contributed by atoms with Crippen molar-refractivity contribution >= 4 is 29.9 Å². The summed E-state index contributed by atoms with van der Waals surface area (Å²) < 4.78 is 1.75. The van der Waals surface area contributed by atoms with Crippen molar-refractivity contribution in [3.8, 4) is 0 Å². The molecule has 0 atom stereocenters. The van der Waals surface area contributed by atoms with Gasteiger partial charge in [-0.15, -0.1) is 24.0 Å². The van der Waals surface area contributed by atoms with Gasteiger partial charge in [0.1, 0.15) is 18.7 Å². The predicted octanol–water partition coefficient (Wildman–Crippen LogP) is 0.974. The van der Waals surface area contributed by atoms with Gasteiger partial charge in [-0.05, 0) is 32.9 Å². The molecule has 0 amide bonds. The highest BCUT2D eigenvalue weighted by Crippen LogP contribution is 2.07. The Morgan fingerprint density at radius 2 is 2.05 bits per heavy atom. The highest BCUT2D eigenvalue weighted by molar-refractivity contribution is 14.0. The molecule has 1 aliphatic heterocycles. The van der Waals surface area contributed by atoms with Crippen molar-refractivity contribution in [1.82, 2.24) is 30.3 Å². The predicted molar refractivity (Wildman–Crippen MR) is 99.5 cm³/mol. The van der Waals surface area contributed by atoms with Gasteiger partial charge in [-0.25, -0.2) is 9.98 Å². The summed E-state index contributed by atoms with van der Waals surface area (Å²) in [6.07, 6.45) is 5.61. The Kier molecular flexibility index (Phi) is 9.37. The van der Waals surface area contributed by atoms with E-state index in [4.69, 9.17) is 0 Å². The zero-order valence-corrected chi connectivity index (χ0v) is 15.9. The molecule has 1 aromatic rings. The maximum Gasteiger partial charge on any atom is 0.191 e. The van der Waals surface area contributed by atoms with Crippen molar-refractivity contribution in [2.75, 3.05) is 32.7 Å². The lowest BCUT2D eigenvalue weighted by Crippen LogP contribution is -2.42. The number of hydrogen-bond acceptors (Lipinski definition) is 4. The Morgan fingerprint density at radius 1 is 1.27 bits per heavy atom. The summed E-state index contributed by atoms with van der Waals surface area (Å²) in [5.41, 5.74) is 0. The molecule has 0 aliphatic carbocycles. The van der Waals surface area contributed by atoms with Crippen LogP contribution in [-0.2, 0) is 13.6 Å². The van der Waals surface area contributed by atoms with Gasteiger partial charge in [0, 0.05) is 26.7 Å². The normalized spacial score (nSPS) is 16.2. The number of aliphatic imine (C=N–C) groups is 1. The SMILES string of the molecule is CCNC(=NCc1ncnn1C)NCCN1CCCCC1.I. The number of aryl methyl sites for hydroxylation is 1. The molecule has 1 aromatic heterocycles. The van der Waals surface area contributed by atoms with Crippen LogP contribution in [0.5, 0.6) is 0 Å². The van der Waals surface area contributed by atoms with Crippen molar-refractivity contribution in [1.29, 1.82) is 0 Å². The number of hydrogen-bond donors (Lipinski definition) is 2. The fourth-order valence-corrected chi connectivity index (χ4v) is 2.47. The van der Waals surface area contributed by atoms with Crippen LogP contribution in [0.15, 0.2) is 11.3 Å². The first-order valence-electron chi connectivity index (χ1n) is 7.87. The summed E-state index contributed by atoms with van der Waals surface area (Å²) in [4.78, 5) is 11.3. The van der Waals surface area contributed by atoms with Crippen LogP contribution < -0.4 is 10.6 Å². The van der Waals surface area contributed by atoms with Gasteiger partial charge in [0.2, 0.25) is 0 Å². The van der Waals surface area contributed by atoms with Gasteiger partial charge in [-0.1, -0.05) is 6.42 Å². The highest BCUT2D eigenvalue weighted by atomic mass is 127. The van der Waals surface area contributed by atoms with Gasteiger partial charge in [0.15, 0.2) is 5.96 Å². The largest absolute Gasteiger partial charge is 0.357 e. The van der Waals surface area contributed by atoms with Crippen molar-refractivity contribution in [2.24, 2.45) is 12.0 Å². The monoisotopic (exact) mass is 421 g/mol. The number of nitrogens with one attached hydrogen (secondary N) is 2. The lowest BCUT2D eigenvalue weighted by molar-refractivity contribution is 0.232. The smallest absolute Gasteiger partial charge is 0.191 e. The summed E-state index contributed by atoms with van der Waals surface area (Å²) in [5, 5.41) is 10.7. The average Bonchev–Trinajstić information content (AvgIpc) is 2.91. The van der Waals surface area contributed by atoms with E-state index in [0.29, 0.717) is 6.54 Å². The molecule has 0 aromatic carbocycles. The van der Waals surface area contributed by atoms with Crippen LogP contribution in [0.3, 0.4) is 0 Å². The molecule has 1 fully saturated rings. The molecule has 0 spiro atoms. The first-order chi connectivity index (χ1) is 10.3. The Morgan fingerprint density at radius 3 is 2.68 bits per heavy atom. The molecule has 0 radical (unpaired) electrons. The van der Waals surface area contributed by atoms with Crippen LogP contribution >= 0.6 is 24.0 Å². The van der Waals surface area contributed by atoms with Gasteiger partial charge >= 0.3 is 0 Å². The van der Waals surface area contributed by atoms with E-state index >= 15 is 0 Å². The fourth-order valence-electron chi connectivity index (χ4n) is 2.47. The maximum atomic E-state index is 4.55. The number of halogens is 1. The molecule has 22 heavy (non-hydrogen) atoms. The Labute approximate surface area is 150 Å². The number of likely N-dealkylation sites (tertiary alicyclic amines) is 1. The molecular weight excluding hydrogens is 393 g/mol. The fraction of sp³-hybridized carbons (Fsp3) is 0.786. The number of rotatable bonds is 6. The second kappa shape index (κ2) is 10.8. The average molecular weight is 421 g/mol. The van der Waals surface area contributed by atoms with Crippen LogP contribution in [0.25, 0.3) is 0 Å². The van der Waals surface area contributed by atoms with Crippen molar-refractivity contribution in [2.45, 2.75) is 32.7 Å². The molecule has 126 valence electrons. The standard InChI is InChI=1S/C14H27N7.HI/c1-3-15-14(17-11-13-18-12-19-20(13)2)16-7-10-21-8-5-4-6-9-21;/h12H,3-11H2,1-2H3,(H2,15,16,17);1H. The van der Waals surface area contributed by atoms with Gasteiger partial charge in [-0.3, -0.25) is 4.68 Å². The van der Waals surface area contributed by atoms with E-state index in [0.717, 1.165) is 31.4 Å². The minimum Gasteiger partial charge on any atom is -0.357 e. The number of aromatic nitrogens is 3. The minimum atomic E-state index is 0. The van der Waals surface area contributed by atoms with E-state index in [-0.39, 0.29) is 24.0 Å². The Bertz CT molecular complexity index is 440. The summed E-state index contributed by atoms with van der Waals surface area (Å²) in [7, 11) is 1.88. The topological polar surface area (TPSA) is 70.4 Å². The second-order valence-corrected chi connectivity index (χ2v) is 5.32. The first kappa shape index (κ1) is 19.1. The van der Waals surface area contributed by atoms with Gasteiger partial charge < -0.3 is 15.5 Å². The number of nitrogens with zero attached hydrogens (tertiary/aromatic N) is 5. The van der Waals surface area contributed by atoms with E-state index < -0.39 is 0 Å². The quantitative estimate of drug-likeness (QED) is 0.407. The molecule has 2 heterocycles. The zero-order chi connectivity index (χ0) is 14.9. The molecule has 0 unspecified atom stereocenters. The third-order valence-corrected chi connectivity index (χ3v) is 3.70. The number of piperidine rings is 1. The Hall–Kier alpha value is -0.900. The molecule has 1 aliphatic rings.